The molecule has 0 bridgehead atoms. The second-order valence-corrected chi connectivity index (χ2v) is 4.30. The molecule has 19 heavy (non-hydrogen) atoms. The van der Waals surface area contributed by atoms with E-state index in [1.807, 2.05) is 31.2 Å². The van der Waals surface area contributed by atoms with Crippen molar-refractivity contribution in [3.05, 3.63) is 35.7 Å². The molecule has 2 aromatic rings. The van der Waals surface area contributed by atoms with Crippen molar-refractivity contribution >= 4 is 5.97 Å². The SMILES string of the molecule is CCOC(=O)C(C)c1nc(-c2ccc(C)cc2)no1. The molecule has 1 aromatic heterocycles. The van der Waals surface area contributed by atoms with Gasteiger partial charge in [-0.15, -0.1) is 0 Å². The van der Waals surface area contributed by atoms with Gasteiger partial charge in [0, 0.05) is 5.56 Å². The minimum atomic E-state index is -0.549. The van der Waals surface area contributed by atoms with Crippen LogP contribution < -0.4 is 0 Å². The predicted octanol–water partition coefficient (Wildman–Crippen LogP) is 2.71. The molecule has 1 aromatic carbocycles. The lowest BCUT2D eigenvalue weighted by Crippen LogP contribution is -2.13. The lowest BCUT2D eigenvalue weighted by molar-refractivity contribution is -0.145. The van der Waals surface area contributed by atoms with Crippen molar-refractivity contribution in [1.82, 2.24) is 10.1 Å². The Morgan fingerprint density at radius 3 is 2.68 bits per heavy atom. The molecule has 1 atom stereocenters. The molecular weight excluding hydrogens is 244 g/mol. The van der Waals surface area contributed by atoms with Gasteiger partial charge in [0.15, 0.2) is 0 Å². The highest BCUT2D eigenvalue weighted by atomic mass is 16.5. The Bertz CT molecular complexity index is 560. The topological polar surface area (TPSA) is 65.2 Å². The summed E-state index contributed by atoms with van der Waals surface area (Å²) in [5.41, 5.74) is 2.02. The van der Waals surface area contributed by atoms with Crippen LogP contribution >= 0.6 is 0 Å². The lowest BCUT2D eigenvalue weighted by Gasteiger charge is -2.04. The lowest BCUT2D eigenvalue weighted by atomic mass is 10.1. The molecule has 0 amide bonds. The first-order chi connectivity index (χ1) is 9.11. The molecule has 0 saturated heterocycles. The molecule has 5 heteroatoms. The fourth-order valence-electron chi connectivity index (χ4n) is 1.60. The zero-order valence-electron chi connectivity index (χ0n) is 11.2. The summed E-state index contributed by atoms with van der Waals surface area (Å²) >= 11 is 0. The van der Waals surface area contributed by atoms with Gasteiger partial charge < -0.3 is 9.26 Å². The van der Waals surface area contributed by atoms with Gasteiger partial charge in [-0.05, 0) is 20.8 Å². The van der Waals surface area contributed by atoms with Crippen LogP contribution in [0.2, 0.25) is 0 Å². The molecule has 100 valence electrons. The Morgan fingerprint density at radius 1 is 1.37 bits per heavy atom. The monoisotopic (exact) mass is 260 g/mol. The smallest absolute Gasteiger partial charge is 0.318 e. The normalized spacial score (nSPS) is 12.2. The van der Waals surface area contributed by atoms with E-state index in [0.717, 1.165) is 11.1 Å². The molecule has 0 fully saturated rings. The van der Waals surface area contributed by atoms with Gasteiger partial charge in [0.25, 0.3) is 0 Å². The first kappa shape index (κ1) is 13.3. The molecule has 0 saturated carbocycles. The number of aromatic nitrogens is 2. The summed E-state index contributed by atoms with van der Waals surface area (Å²) in [6.07, 6.45) is 0. The molecule has 0 aliphatic heterocycles. The predicted molar refractivity (Wildman–Crippen MR) is 69.5 cm³/mol. The molecule has 1 heterocycles. The van der Waals surface area contributed by atoms with Crippen molar-refractivity contribution in [2.45, 2.75) is 26.7 Å². The van der Waals surface area contributed by atoms with Crippen molar-refractivity contribution in [2.24, 2.45) is 0 Å². The number of hydrogen-bond donors (Lipinski definition) is 0. The highest BCUT2D eigenvalue weighted by Crippen LogP contribution is 2.20. The van der Waals surface area contributed by atoms with Crippen LogP contribution in [0.25, 0.3) is 11.4 Å². The van der Waals surface area contributed by atoms with Crippen molar-refractivity contribution in [2.75, 3.05) is 6.61 Å². The van der Waals surface area contributed by atoms with Gasteiger partial charge in [0.2, 0.25) is 11.7 Å². The summed E-state index contributed by atoms with van der Waals surface area (Å²) in [5.74, 6) is -0.159. The van der Waals surface area contributed by atoms with E-state index in [9.17, 15) is 4.79 Å². The third-order valence-corrected chi connectivity index (χ3v) is 2.76. The van der Waals surface area contributed by atoms with Crippen molar-refractivity contribution in [3.8, 4) is 11.4 Å². The highest BCUT2D eigenvalue weighted by molar-refractivity contribution is 5.76. The first-order valence-electron chi connectivity index (χ1n) is 6.19. The zero-order valence-corrected chi connectivity index (χ0v) is 11.2. The van der Waals surface area contributed by atoms with Gasteiger partial charge in [0.1, 0.15) is 5.92 Å². The van der Waals surface area contributed by atoms with E-state index in [4.69, 9.17) is 9.26 Å². The Hall–Kier alpha value is -2.17. The van der Waals surface area contributed by atoms with Crippen molar-refractivity contribution < 1.29 is 14.1 Å². The quantitative estimate of drug-likeness (QED) is 0.791. The van der Waals surface area contributed by atoms with Gasteiger partial charge >= 0.3 is 5.97 Å². The van der Waals surface area contributed by atoms with E-state index in [1.165, 1.54) is 0 Å². The fourth-order valence-corrected chi connectivity index (χ4v) is 1.60. The summed E-state index contributed by atoms with van der Waals surface area (Å²) in [7, 11) is 0. The highest BCUT2D eigenvalue weighted by Gasteiger charge is 2.23. The third kappa shape index (κ3) is 2.99. The van der Waals surface area contributed by atoms with Crippen LogP contribution in [-0.2, 0) is 9.53 Å². The number of esters is 1. The van der Waals surface area contributed by atoms with Gasteiger partial charge in [0.05, 0.1) is 6.61 Å². The molecular formula is C14H16N2O3. The summed E-state index contributed by atoms with van der Waals surface area (Å²) in [5, 5.41) is 3.89. The second kappa shape index (κ2) is 5.65. The number of rotatable bonds is 4. The summed E-state index contributed by atoms with van der Waals surface area (Å²) in [6, 6.07) is 7.78. The molecule has 0 aliphatic rings. The summed E-state index contributed by atoms with van der Waals surface area (Å²) in [6.45, 7) is 5.79. The van der Waals surface area contributed by atoms with Crippen LogP contribution in [0.4, 0.5) is 0 Å². The average Bonchev–Trinajstić information content (AvgIpc) is 2.88. The maximum atomic E-state index is 11.6. The maximum Gasteiger partial charge on any atom is 0.318 e. The first-order valence-corrected chi connectivity index (χ1v) is 6.19. The van der Waals surface area contributed by atoms with Crippen LogP contribution in [0.1, 0.15) is 31.2 Å². The summed E-state index contributed by atoms with van der Waals surface area (Å²) in [4.78, 5) is 15.8. The molecule has 2 rings (SSSR count). The number of carbonyl (C=O) groups excluding carboxylic acids is 1. The molecule has 0 N–H and O–H groups in total. The number of ether oxygens (including phenoxy) is 1. The minimum absolute atomic E-state index is 0.272. The van der Waals surface area contributed by atoms with E-state index in [1.54, 1.807) is 13.8 Å². The maximum absolute atomic E-state index is 11.6. The Kier molecular flexibility index (Phi) is 3.94. The molecule has 0 aliphatic carbocycles. The Balaban J connectivity index is 2.19. The third-order valence-electron chi connectivity index (χ3n) is 2.76. The Morgan fingerprint density at radius 2 is 2.05 bits per heavy atom. The number of nitrogens with zero attached hydrogens (tertiary/aromatic N) is 2. The van der Waals surface area contributed by atoms with Gasteiger partial charge in [-0.1, -0.05) is 35.0 Å². The van der Waals surface area contributed by atoms with Crippen LogP contribution in [0, 0.1) is 6.92 Å². The van der Waals surface area contributed by atoms with Gasteiger partial charge in [-0.3, -0.25) is 4.79 Å². The fraction of sp³-hybridized carbons (Fsp3) is 0.357. The summed E-state index contributed by atoms with van der Waals surface area (Å²) < 4.78 is 10.0. The van der Waals surface area contributed by atoms with Gasteiger partial charge in [-0.25, -0.2) is 0 Å². The van der Waals surface area contributed by atoms with Crippen LogP contribution in [0.3, 0.4) is 0 Å². The van der Waals surface area contributed by atoms with Crippen molar-refractivity contribution in [3.63, 3.8) is 0 Å². The standard InChI is InChI=1S/C14H16N2O3/c1-4-18-14(17)10(3)13-15-12(16-19-13)11-7-5-9(2)6-8-11/h5-8,10H,4H2,1-3H3. The van der Waals surface area contributed by atoms with E-state index in [0.29, 0.717) is 12.4 Å². The molecule has 0 spiro atoms. The molecule has 1 unspecified atom stereocenters. The van der Waals surface area contributed by atoms with E-state index in [-0.39, 0.29) is 11.9 Å². The molecule has 5 nitrogen and oxygen atoms in total. The largest absolute Gasteiger partial charge is 0.465 e. The number of carbonyl (C=O) groups is 1. The number of hydrogen-bond acceptors (Lipinski definition) is 5. The Labute approximate surface area is 111 Å². The average molecular weight is 260 g/mol. The number of benzene rings is 1. The van der Waals surface area contributed by atoms with E-state index in [2.05, 4.69) is 10.1 Å². The van der Waals surface area contributed by atoms with Crippen molar-refractivity contribution in [1.29, 1.82) is 0 Å². The van der Waals surface area contributed by atoms with Crippen LogP contribution in [-0.4, -0.2) is 22.7 Å². The molecule has 0 radical (unpaired) electrons. The van der Waals surface area contributed by atoms with E-state index < -0.39 is 5.92 Å². The minimum Gasteiger partial charge on any atom is -0.465 e. The zero-order chi connectivity index (χ0) is 13.8. The second-order valence-electron chi connectivity index (χ2n) is 4.30. The van der Waals surface area contributed by atoms with Crippen LogP contribution in [0.15, 0.2) is 28.8 Å². The number of aryl methyl sites for hydroxylation is 1. The van der Waals surface area contributed by atoms with Crippen LogP contribution in [0.5, 0.6) is 0 Å². The van der Waals surface area contributed by atoms with E-state index >= 15 is 0 Å². The van der Waals surface area contributed by atoms with Gasteiger partial charge in [-0.2, -0.15) is 4.98 Å².